The van der Waals surface area contributed by atoms with Crippen LogP contribution in [0.1, 0.15) is 26.2 Å². The molecule has 0 radical (unpaired) electrons. The fourth-order valence-electron chi connectivity index (χ4n) is 2.08. The summed E-state index contributed by atoms with van der Waals surface area (Å²) >= 11 is 0. The lowest BCUT2D eigenvalue weighted by molar-refractivity contribution is -0.103. The molecular weight excluding hydrogens is 178 g/mol. The summed E-state index contributed by atoms with van der Waals surface area (Å²) in [6.07, 6.45) is 4.37. The minimum Gasteiger partial charge on any atom is -0.376 e. The molecule has 2 unspecified atom stereocenters. The Hall–Kier alpha value is -0.120. The summed E-state index contributed by atoms with van der Waals surface area (Å²) < 4.78 is 11.2. The minimum absolute atomic E-state index is 0.282. The second-order valence-corrected chi connectivity index (χ2v) is 4.33. The van der Waals surface area contributed by atoms with Crippen LogP contribution in [0.4, 0.5) is 0 Å². The van der Waals surface area contributed by atoms with Gasteiger partial charge in [0.1, 0.15) is 0 Å². The molecule has 0 spiro atoms. The van der Waals surface area contributed by atoms with Crippen LogP contribution in [0.3, 0.4) is 0 Å². The maximum absolute atomic E-state index is 5.73. The Morgan fingerprint density at radius 1 is 1.36 bits per heavy atom. The molecule has 1 aliphatic carbocycles. The van der Waals surface area contributed by atoms with Crippen molar-refractivity contribution in [2.75, 3.05) is 26.4 Å². The standard InChI is InChI=1S/C11H21NO2/c1-2-12-10(7-9-3-4-9)11-8-13-5-6-14-11/h9-12H,2-8H2,1H3. The van der Waals surface area contributed by atoms with E-state index in [4.69, 9.17) is 9.47 Å². The van der Waals surface area contributed by atoms with E-state index in [-0.39, 0.29) is 6.10 Å². The molecule has 1 aliphatic heterocycles. The van der Waals surface area contributed by atoms with Crippen LogP contribution in [0.15, 0.2) is 0 Å². The van der Waals surface area contributed by atoms with Gasteiger partial charge in [-0.1, -0.05) is 19.8 Å². The topological polar surface area (TPSA) is 30.5 Å². The van der Waals surface area contributed by atoms with Crippen LogP contribution in [-0.2, 0) is 9.47 Å². The normalized spacial score (nSPS) is 30.2. The Kier molecular flexibility index (Phi) is 3.79. The largest absolute Gasteiger partial charge is 0.376 e. The predicted molar refractivity (Wildman–Crippen MR) is 55.4 cm³/mol. The van der Waals surface area contributed by atoms with Gasteiger partial charge in [-0.25, -0.2) is 0 Å². The van der Waals surface area contributed by atoms with E-state index >= 15 is 0 Å². The summed E-state index contributed by atoms with van der Waals surface area (Å²) in [5, 5.41) is 3.52. The molecule has 2 fully saturated rings. The third-order valence-corrected chi connectivity index (χ3v) is 3.04. The van der Waals surface area contributed by atoms with Gasteiger partial charge in [0.15, 0.2) is 0 Å². The van der Waals surface area contributed by atoms with E-state index in [2.05, 4.69) is 12.2 Å². The first-order valence-corrected chi connectivity index (χ1v) is 5.83. The lowest BCUT2D eigenvalue weighted by atomic mass is 10.0. The molecule has 1 N–H and O–H groups in total. The maximum Gasteiger partial charge on any atom is 0.0962 e. The molecular formula is C11H21NO2. The number of rotatable bonds is 5. The summed E-state index contributed by atoms with van der Waals surface area (Å²) in [6.45, 7) is 5.47. The number of likely N-dealkylation sites (N-methyl/N-ethyl adjacent to an activating group) is 1. The molecule has 0 aromatic carbocycles. The number of hydrogen-bond donors (Lipinski definition) is 1. The summed E-state index contributed by atoms with van der Waals surface area (Å²) in [5.41, 5.74) is 0. The molecule has 3 nitrogen and oxygen atoms in total. The summed E-state index contributed by atoms with van der Waals surface area (Å²) in [5.74, 6) is 0.949. The summed E-state index contributed by atoms with van der Waals surface area (Å²) in [4.78, 5) is 0. The fraction of sp³-hybridized carbons (Fsp3) is 1.00. The highest BCUT2D eigenvalue weighted by Crippen LogP contribution is 2.34. The highest BCUT2D eigenvalue weighted by Gasteiger charge is 2.31. The van der Waals surface area contributed by atoms with Gasteiger partial charge in [-0.3, -0.25) is 0 Å². The Morgan fingerprint density at radius 3 is 2.79 bits per heavy atom. The number of hydrogen-bond acceptors (Lipinski definition) is 3. The van der Waals surface area contributed by atoms with Gasteiger partial charge < -0.3 is 14.8 Å². The van der Waals surface area contributed by atoms with Gasteiger partial charge in [-0.05, 0) is 18.9 Å². The van der Waals surface area contributed by atoms with E-state index in [1.165, 1.54) is 19.3 Å². The first kappa shape index (κ1) is 10.4. The monoisotopic (exact) mass is 199 g/mol. The fourth-order valence-corrected chi connectivity index (χ4v) is 2.08. The van der Waals surface area contributed by atoms with Crippen molar-refractivity contribution in [1.29, 1.82) is 0 Å². The molecule has 0 aromatic rings. The van der Waals surface area contributed by atoms with Crippen LogP contribution < -0.4 is 5.32 Å². The predicted octanol–water partition coefficient (Wildman–Crippen LogP) is 1.18. The molecule has 3 heteroatoms. The SMILES string of the molecule is CCNC(CC1CC1)C1COCCO1. The van der Waals surface area contributed by atoms with Gasteiger partial charge in [0, 0.05) is 6.04 Å². The highest BCUT2D eigenvalue weighted by molar-refractivity contribution is 4.85. The van der Waals surface area contributed by atoms with Crippen LogP contribution in [0.5, 0.6) is 0 Å². The molecule has 0 amide bonds. The Labute approximate surface area is 86.2 Å². The molecule has 1 heterocycles. The van der Waals surface area contributed by atoms with Crippen molar-refractivity contribution in [2.24, 2.45) is 5.92 Å². The molecule has 1 saturated carbocycles. The molecule has 2 aliphatic rings. The molecule has 2 rings (SSSR count). The van der Waals surface area contributed by atoms with Crippen molar-refractivity contribution < 1.29 is 9.47 Å². The Balaban J connectivity index is 1.79. The van der Waals surface area contributed by atoms with Gasteiger partial charge in [-0.2, -0.15) is 0 Å². The lowest BCUT2D eigenvalue weighted by Gasteiger charge is -2.31. The smallest absolute Gasteiger partial charge is 0.0962 e. The van der Waals surface area contributed by atoms with Crippen LogP contribution in [0, 0.1) is 5.92 Å². The van der Waals surface area contributed by atoms with Gasteiger partial charge in [-0.15, -0.1) is 0 Å². The molecule has 14 heavy (non-hydrogen) atoms. The quantitative estimate of drug-likeness (QED) is 0.721. The zero-order chi connectivity index (χ0) is 9.80. The van der Waals surface area contributed by atoms with Crippen molar-refractivity contribution >= 4 is 0 Å². The Morgan fingerprint density at radius 2 is 2.21 bits per heavy atom. The summed E-state index contributed by atoms with van der Waals surface area (Å²) in [6, 6.07) is 0.507. The molecule has 0 aromatic heterocycles. The summed E-state index contributed by atoms with van der Waals surface area (Å²) in [7, 11) is 0. The Bertz CT molecular complexity index is 165. The van der Waals surface area contributed by atoms with E-state index in [1.807, 2.05) is 0 Å². The first-order valence-electron chi connectivity index (χ1n) is 5.83. The third-order valence-electron chi connectivity index (χ3n) is 3.04. The molecule has 1 saturated heterocycles. The average Bonchev–Trinajstić information content (AvgIpc) is 3.03. The average molecular weight is 199 g/mol. The molecule has 2 atom stereocenters. The lowest BCUT2D eigenvalue weighted by Crippen LogP contribution is -2.46. The molecule has 82 valence electrons. The maximum atomic E-state index is 5.73. The van der Waals surface area contributed by atoms with Gasteiger partial charge in [0.25, 0.3) is 0 Å². The zero-order valence-corrected chi connectivity index (χ0v) is 9.00. The second kappa shape index (κ2) is 5.10. The van der Waals surface area contributed by atoms with E-state index in [0.717, 1.165) is 32.3 Å². The highest BCUT2D eigenvalue weighted by atomic mass is 16.6. The van der Waals surface area contributed by atoms with Gasteiger partial charge in [0.05, 0.1) is 25.9 Å². The molecule has 0 bridgehead atoms. The van der Waals surface area contributed by atoms with Gasteiger partial charge in [0.2, 0.25) is 0 Å². The van der Waals surface area contributed by atoms with Crippen molar-refractivity contribution in [3.8, 4) is 0 Å². The van der Waals surface area contributed by atoms with E-state index in [1.54, 1.807) is 0 Å². The first-order chi connectivity index (χ1) is 6.90. The van der Waals surface area contributed by atoms with Crippen LogP contribution in [0.2, 0.25) is 0 Å². The van der Waals surface area contributed by atoms with Crippen LogP contribution in [0.25, 0.3) is 0 Å². The van der Waals surface area contributed by atoms with Gasteiger partial charge >= 0.3 is 0 Å². The van der Waals surface area contributed by atoms with Crippen molar-refractivity contribution in [3.63, 3.8) is 0 Å². The third kappa shape index (κ3) is 2.94. The number of ether oxygens (including phenoxy) is 2. The zero-order valence-electron chi connectivity index (χ0n) is 9.00. The minimum atomic E-state index is 0.282. The number of nitrogens with one attached hydrogen (secondary N) is 1. The van der Waals surface area contributed by atoms with Crippen LogP contribution >= 0.6 is 0 Å². The van der Waals surface area contributed by atoms with E-state index in [9.17, 15) is 0 Å². The van der Waals surface area contributed by atoms with E-state index < -0.39 is 0 Å². The van der Waals surface area contributed by atoms with Crippen molar-refractivity contribution in [1.82, 2.24) is 5.32 Å². The van der Waals surface area contributed by atoms with Crippen LogP contribution in [-0.4, -0.2) is 38.5 Å². The van der Waals surface area contributed by atoms with Crippen molar-refractivity contribution in [3.05, 3.63) is 0 Å². The second-order valence-electron chi connectivity index (χ2n) is 4.33. The van der Waals surface area contributed by atoms with E-state index in [0.29, 0.717) is 6.04 Å². The van der Waals surface area contributed by atoms with Crippen molar-refractivity contribution in [2.45, 2.75) is 38.3 Å².